The van der Waals surface area contributed by atoms with Gasteiger partial charge in [0.1, 0.15) is 17.3 Å². The monoisotopic (exact) mass is 254 g/mol. The maximum atomic E-state index is 11.4. The summed E-state index contributed by atoms with van der Waals surface area (Å²) in [4.78, 5) is 11.4. The second-order valence-electron chi connectivity index (χ2n) is 4.29. The largest absolute Gasteiger partial charge is 0.494 e. The second-order valence-corrected chi connectivity index (χ2v) is 4.29. The number of carbonyl (C=O) groups is 1. The number of aliphatic carboxylic acids is 1. The Balaban J connectivity index is 3.08. The predicted octanol–water partition coefficient (Wildman–Crippen LogP) is 2.75. The van der Waals surface area contributed by atoms with Crippen LogP contribution in [0.15, 0.2) is 24.0 Å². The molecule has 0 amide bonds. The molecule has 4 nitrogen and oxygen atoms in total. The van der Waals surface area contributed by atoms with E-state index in [1.807, 2.05) is 26.8 Å². The van der Waals surface area contributed by atoms with Crippen LogP contribution in [-0.4, -0.2) is 29.9 Å². The van der Waals surface area contributed by atoms with Crippen LogP contribution in [0.1, 0.15) is 33.6 Å². The van der Waals surface area contributed by atoms with Crippen LogP contribution >= 0.6 is 0 Å². The third kappa shape index (κ3) is 3.13. The number of allylic oxidation sites excluding steroid dienone is 1. The summed E-state index contributed by atoms with van der Waals surface area (Å²) in [5, 5.41) is 9.34. The van der Waals surface area contributed by atoms with Gasteiger partial charge in [-0.05, 0) is 32.4 Å². The zero-order chi connectivity index (χ0) is 13.6. The third-order valence-corrected chi connectivity index (χ3v) is 3.00. The van der Waals surface area contributed by atoms with Crippen LogP contribution in [0.25, 0.3) is 0 Å². The highest BCUT2D eigenvalue weighted by atomic mass is 16.5. The molecule has 18 heavy (non-hydrogen) atoms. The molecule has 4 heteroatoms. The molecule has 0 aliphatic heterocycles. The first kappa shape index (κ1) is 14.8. The SMILES string of the molecule is CCCC1(OCC)C=C(OCC)C=CC1C(=O)O. The summed E-state index contributed by atoms with van der Waals surface area (Å²) in [7, 11) is 0. The van der Waals surface area contributed by atoms with Crippen molar-refractivity contribution in [2.75, 3.05) is 13.2 Å². The van der Waals surface area contributed by atoms with Gasteiger partial charge in [-0.3, -0.25) is 4.79 Å². The van der Waals surface area contributed by atoms with Gasteiger partial charge in [-0.15, -0.1) is 0 Å². The molecule has 0 aromatic carbocycles. The number of carboxylic acids is 1. The van der Waals surface area contributed by atoms with E-state index < -0.39 is 17.5 Å². The first-order chi connectivity index (χ1) is 8.59. The van der Waals surface area contributed by atoms with Gasteiger partial charge in [0.2, 0.25) is 0 Å². The number of ether oxygens (including phenoxy) is 2. The summed E-state index contributed by atoms with van der Waals surface area (Å²) in [5.41, 5.74) is -0.783. The van der Waals surface area contributed by atoms with E-state index in [9.17, 15) is 9.90 Å². The van der Waals surface area contributed by atoms with Crippen LogP contribution in [-0.2, 0) is 14.3 Å². The predicted molar refractivity (Wildman–Crippen MR) is 69.2 cm³/mol. The van der Waals surface area contributed by atoms with E-state index in [0.29, 0.717) is 25.4 Å². The molecular weight excluding hydrogens is 232 g/mol. The van der Waals surface area contributed by atoms with Crippen LogP contribution in [0.5, 0.6) is 0 Å². The molecule has 0 heterocycles. The van der Waals surface area contributed by atoms with Crippen molar-refractivity contribution in [3.63, 3.8) is 0 Å². The average Bonchev–Trinajstić information content (AvgIpc) is 2.29. The highest BCUT2D eigenvalue weighted by Gasteiger charge is 2.42. The van der Waals surface area contributed by atoms with E-state index in [0.717, 1.165) is 6.42 Å². The van der Waals surface area contributed by atoms with Gasteiger partial charge in [0.15, 0.2) is 0 Å². The number of rotatable bonds is 7. The van der Waals surface area contributed by atoms with E-state index in [1.165, 1.54) is 0 Å². The minimum Gasteiger partial charge on any atom is -0.494 e. The van der Waals surface area contributed by atoms with Crippen LogP contribution in [0.2, 0.25) is 0 Å². The van der Waals surface area contributed by atoms with Gasteiger partial charge in [-0.25, -0.2) is 0 Å². The molecule has 1 aliphatic carbocycles. The van der Waals surface area contributed by atoms with Gasteiger partial charge < -0.3 is 14.6 Å². The van der Waals surface area contributed by atoms with Crippen LogP contribution < -0.4 is 0 Å². The van der Waals surface area contributed by atoms with E-state index >= 15 is 0 Å². The van der Waals surface area contributed by atoms with Crippen molar-refractivity contribution in [3.8, 4) is 0 Å². The van der Waals surface area contributed by atoms with Gasteiger partial charge in [0.05, 0.1) is 6.61 Å². The third-order valence-electron chi connectivity index (χ3n) is 3.00. The Kier molecular flexibility index (Phi) is 5.41. The second kappa shape index (κ2) is 6.59. The quantitative estimate of drug-likeness (QED) is 0.759. The van der Waals surface area contributed by atoms with Gasteiger partial charge in [-0.1, -0.05) is 19.4 Å². The Morgan fingerprint density at radius 2 is 2.11 bits per heavy atom. The fraction of sp³-hybridized carbons (Fsp3) is 0.643. The number of hydrogen-bond donors (Lipinski definition) is 1. The van der Waals surface area contributed by atoms with Gasteiger partial charge in [0.25, 0.3) is 0 Å². The van der Waals surface area contributed by atoms with Gasteiger partial charge in [0, 0.05) is 6.61 Å². The first-order valence-corrected chi connectivity index (χ1v) is 6.50. The highest BCUT2D eigenvalue weighted by molar-refractivity contribution is 5.75. The number of carboxylic acid groups (broad SMARTS) is 1. The molecule has 1 rings (SSSR count). The average molecular weight is 254 g/mol. The zero-order valence-electron chi connectivity index (χ0n) is 11.3. The lowest BCUT2D eigenvalue weighted by atomic mass is 9.79. The molecule has 0 bridgehead atoms. The molecule has 0 saturated carbocycles. The molecule has 0 fully saturated rings. The highest BCUT2D eigenvalue weighted by Crippen LogP contribution is 2.35. The molecule has 0 aromatic rings. The Morgan fingerprint density at radius 1 is 1.39 bits per heavy atom. The van der Waals surface area contributed by atoms with E-state index in [2.05, 4.69) is 0 Å². The van der Waals surface area contributed by atoms with Crippen molar-refractivity contribution >= 4 is 5.97 Å². The summed E-state index contributed by atoms with van der Waals surface area (Å²) in [6, 6.07) is 0. The normalized spacial score (nSPS) is 26.8. The minimum atomic E-state index is -0.861. The summed E-state index contributed by atoms with van der Waals surface area (Å²) in [5.74, 6) is -0.821. The standard InChI is InChI=1S/C14H22O4/c1-4-9-14(18-6-3)10-11(17-5-2)7-8-12(14)13(15)16/h7-8,10,12H,4-6,9H2,1-3H3,(H,15,16). The van der Waals surface area contributed by atoms with Crippen molar-refractivity contribution in [2.45, 2.75) is 39.2 Å². The molecule has 0 spiro atoms. The number of hydrogen-bond acceptors (Lipinski definition) is 3. The summed E-state index contributed by atoms with van der Waals surface area (Å²) in [6.45, 7) is 6.84. The van der Waals surface area contributed by atoms with Gasteiger partial charge in [-0.2, -0.15) is 0 Å². The Labute approximate surface area is 108 Å². The molecule has 0 aromatic heterocycles. The van der Waals surface area contributed by atoms with Crippen LogP contribution in [0, 0.1) is 5.92 Å². The lowest BCUT2D eigenvalue weighted by Gasteiger charge is -2.36. The Bertz CT molecular complexity index is 338. The maximum Gasteiger partial charge on any atom is 0.313 e. The molecule has 102 valence electrons. The van der Waals surface area contributed by atoms with E-state index in [1.54, 1.807) is 12.2 Å². The Morgan fingerprint density at radius 3 is 2.61 bits per heavy atom. The lowest BCUT2D eigenvalue weighted by molar-refractivity contribution is -0.150. The maximum absolute atomic E-state index is 11.4. The van der Waals surface area contributed by atoms with Crippen LogP contribution in [0.3, 0.4) is 0 Å². The van der Waals surface area contributed by atoms with Crippen molar-refractivity contribution in [2.24, 2.45) is 5.92 Å². The van der Waals surface area contributed by atoms with E-state index in [4.69, 9.17) is 9.47 Å². The topological polar surface area (TPSA) is 55.8 Å². The van der Waals surface area contributed by atoms with Crippen molar-refractivity contribution in [3.05, 3.63) is 24.0 Å². The summed E-state index contributed by atoms with van der Waals surface area (Å²) >= 11 is 0. The molecule has 1 N–H and O–H groups in total. The zero-order valence-corrected chi connectivity index (χ0v) is 11.3. The minimum absolute atomic E-state index is 0.480. The fourth-order valence-electron chi connectivity index (χ4n) is 2.37. The van der Waals surface area contributed by atoms with Gasteiger partial charge >= 0.3 is 5.97 Å². The van der Waals surface area contributed by atoms with Crippen molar-refractivity contribution < 1.29 is 19.4 Å². The van der Waals surface area contributed by atoms with Crippen molar-refractivity contribution in [1.29, 1.82) is 0 Å². The molecule has 0 saturated heterocycles. The fourth-order valence-corrected chi connectivity index (χ4v) is 2.37. The van der Waals surface area contributed by atoms with Crippen molar-refractivity contribution in [1.82, 2.24) is 0 Å². The summed E-state index contributed by atoms with van der Waals surface area (Å²) in [6.07, 6.45) is 6.72. The summed E-state index contributed by atoms with van der Waals surface area (Å²) < 4.78 is 11.2. The van der Waals surface area contributed by atoms with E-state index in [-0.39, 0.29) is 0 Å². The first-order valence-electron chi connectivity index (χ1n) is 6.50. The molecule has 0 radical (unpaired) electrons. The molecule has 1 aliphatic rings. The van der Waals surface area contributed by atoms with Crippen LogP contribution in [0.4, 0.5) is 0 Å². The smallest absolute Gasteiger partial charge is 0.313 e. The molecule has 2 unspecified atom stereocenters. The Hall–Kier alpha value is -1.29. The molecular formula is C14H22O4. The lowest BCUT2D eigenvalue weighted by Crippen LogP contribution is -2.44. The molecule has 2 atom stereocenters.